The number of nitrogens with zero attached hydrogens (tertiary/aromatic N) is 1. The Hall–Kier alpha value is -2.24. The monoisotopic (exact) mass is 378 g/mol. The van der Waals surface area contributed by atoms with Crippen LogP contribution in [0.15, 0.2) is 42.5 Å². The number of hydrogen-bond acceptors (Lipinski definition) is 3. The number of hydrogen-bond donors (Lipinski definition) is 1. The maximum absolute atomic E-state index is 12.7. The molecule has 2 aromatic carbocycles. The molecule has 0 aromatic heterocycles. The topological polar surface area (TPSA) is 58.6 Å². The molecule has 2 amide bonds. The first-order valence-corrected chi connectivity index (χ1v) is 8.48. The Kier molecular flexibility index (Phi) is 5.16. The van der Waals surface area contributed by atoms with E-state index in [-0.39, 0.29) is 18.4 Å². The summed E-state index contributed by atoms with van der Waals surface area (Å²) in [7, 11) is 0. The minimum absolute atomic E-state index is 0.224. The minimum Gasteiger partial charge on any atom is -0.492 e. The highest BCUT2D eigenvalue weighted by molar-refractivity contribution is 6.34. The van der Waals surface area contributed by atoms with Gasteiger partial charge in [0.05, 0.1) is 17.3 Å². The number of anilines is 1. The molecule has 0 bridgehead atoms. The van der Waals surface area contributed by atoms with Crippen molar-refractivity contribution in [3.8, 4) is 5.75 Å². The predicted molar refractivity (Wildman–Crippen MR) is 97.3 cm³/mol. The van der Waals surface area contributed by atoms with Crippen molar-refractivity contribution in [2.75, 3.05) is 18.1 Å². The Labute approximate surface area is 155 Å². The molecular weight excluding hydrogens is 363 g/mol. The summed E-state index contributed by atoms with van der Waals surface area (Å²) in [6.45, 7) is 1.98. The number of carbonyl (C=O) groups excluding carboxylic acids is 2. The second kappa shape index (κ2) is 7.33. The van der Waals surface area contributed by atoms with Crippen molar-refractivity contribution in [1.29, 1.82) is 0 Å². The van der Waals surface area contributed by atoms with Crippen LogP contribution in [-0.4, -0.2) is 25.0 Å². The van der Waals surface area contributed by atoms with E-state index < -0.39 is 6.04 Å². The maximum atomic E-state index is 12.7. The zero-order chi connectivity index (χ0) is 18.0. The lowest BCUT2D eigenvalue weighted by molar-refractivity contribution is -0.126. The molecule has 0 aliphatic carbocycles. The fourth-order valence-corrected chi connectivity index (χ4v) is 3.21. The molecule has 1 heterocycles. The molecule has 5 nitrogen and oxygen atoms in total. The third-order valence-corrected chi connectivity index (χ3v) is 4.41. The number of ether oxygens (including phenoxy) is 1. The lowest BCUT2D eigenvalue weighted by Crippen LogP contribution is -2.38. The van der Waals surface area contributed by atoms with Crippen molar-refractivity contribution in [2.45, 2.75) is 13.0 Å². The highest BCUT2D eigenvalue weighted by Crippen LogP contribution is 2.40. The smallest absolute Gasteiger partial charge is 0.254 e. The first-order valence-electron chi connectivity index (χ1n) is 7.72. The highest BCUT2D eigenvalue weighted by Gasteiger charge is 2.38. The molecule has 0 saturated carbocycles. The van der Waals surface area contributed by atoms with E-state index in [1.807, 2.05) is 0 Å². The number of para-hydroxylation sites is 1. The third-order valence-electron chi connectivity index (χ3n) is 3.86. The van der Waals surface area contributed by atoms with Gasteiger partial charge < -0.3 is 15.0 Å². The SMILES string of the molecule is CC(=O)N[C@H]1C(=O)N(CCOc2ccc(Cl)cc2)c2c(Cl)cccc21. The second-order valence-corrected chi connectivity index (χ2v) is 6.45. The molecule has 1 aliphatic rings. The lowest BCUT2D eigenvalue weighted by Gasteiger charge is -2.19. The van der Waals surface area contributed by atoms with Crippen LogP contribution in [0.5, 0.6) is 5.75 Å². The van der Waals surface area contributed by atoms with Crippen LogP contribution in [0.2, 0.25) is 10.0 Å². The highest BCUT2D eigenvalue weighted by atomic mass is 35.5. The van der Waals surface area contributed by atoms with Crippen LogP contribution >= 0.6 is 23.2 Å². The number of rotatable bonds is 5. The first-order chi connectivity index (χ1) is 12.0. The summed E-state index contributed by atoms with van der Waals surface area (Å²) in [4.78, 5) is 25.7. The summed E-state index contributed by atoms with van der Waals surface area (Å²) in [5.74, 6) is 0.162. The van der Waals surface area contributed by atoms with E-state index in [4.69, 9.17) is 27.9 Å². The van der Waals surface area contributed by atoms with Gasteiger partial charge in [-0.1, -0.05) is 35.3 Å². The molecule has 0 radical (unpaired) electrons. The molecule has 130 valence electrons. The molecular formula is C18H16Cl2N2O3. The Bertz CT molecular complexity index is 808. The van der Waals surface area contributed by atoms with Crippen LogP contribution < -0.4 is 15.0 Å². The first kappa shape index (κ1) is 17.6. The van der Waals surface area contributed by atoms with Crippen molar-refractivity contribution in [2.24, 2.45) is 0 Å². The van der Waals surface area contributed by atoms with E-state index in [2.05, 4.69) is 5.32 Å². The van der Waals surface area contributed by atoms with Crippen LogP contribution in [0.1, 0.15) is 18.5 Å². The Morgan fingerprint density at radius 2 is 1.92 bits per heavy atom. The fraction of sp³-hybridized carbons (Fsp3) is 0.222. The molecule has 1 aliphatic heterocycles. The van der Waals surface area contributed by atoms with Gasteiger partial charge in [0.15, 0.2) is 0 Å². The quantitative estimate of drug-likeness (QED) is 0.864. The summed E-state index contributed by atoms with van der Waals surface area (Å²) < 4.78 is 5.66. The van der Waals surface area contributed by atoms with Crippen molar-refractivity contribution in [1.82, 2.24) is 5.32 Å². The molecule has 3 rings (SSSR count). The minimum atomic E-state index is -0.721. The normalized spacial score (nSPS) is 15.9. The van der Waals surface area contributed by atoms with Crippen LogP contribution in [0, 0.1) is 0 Å². The summed E-state index contributed by atoms with van der Waals surface area (Å²) >= 11 is 12.1. The molecule has 0 saturated heterocycles. The molecule has 25 heavy (non-hydrogen) atoms. The van der Waals surface area contributed by atoms with Gasteiger partial charge in [-0.2, -0.15) is 0 Å². The second-order valence-electron chi connectivity index (χ2n) is 5.60. The average molecular weight is 379 g/mol. The van der Waals surface area contributed by atoms with Crippen molar-refractivity contribution in [3.63, 3.8) is 0 Å². The molecule has 0 spiro atoms. The molecule has 1 N–H and O–H groups in total. The molecule has 2 aromatic rings. The van der Waals surface area contributed by atoms with Gasteiger partial charge in [-0.15, -0.1) is 0 Å². The van der Waals surface area contributed by atoms with E-state index in [0.29, 0.717) is 33.6 Å². The number of amides is 2. The number of carbonyl (C=O) groups is 2. The fourth-order valence-electron chi connectivity index (χ4n) is 2.80. The van der Waals surface area contributed by atoms with Gasteiger partial charge in [0, 0.05) is 17.5 Å². The number of nitrogens with one attached hydrogen (secondary N) is 1. The van der Waals surface area contributed by atoms with Gasteiger partial charge in [-0.05, 0) is 30.3 Å². The van der Waals surface area contributed by atoms with Crippen molar-refractivity contribution in [3.05, 3.63) is 58.1 Å². The lowest BCUT2D eigenvalue weighted by atomic mass is 10.1. The van der Waals surface area contributed by atoms with Gasteiger partial charge in [0.25, 0.3) is 5.91 Å². The Morgan fingerprint density at radius 3 is 2.60 bits per heavy atom. The molecule has 1 atom stereocenters. The van der Waals surface area contributed by atoms with Gasteiger partial charge in [-0.3, -0.25) is 9.59 Å². The zero-order valence-corrected chi connectivity index (χ0v) is 15.0. The number of benzene rings is 2. The van der Waals surface area contributed by atoms with Crippen LogP contribution in [-0.2, 0) is 9.59 Å². The molecule has 7 heteroatoms. The largest absolute Gasteiger partial charge is 0.492 e. The van der Waals surface area contributed by atoms with E-state index in [1.54, 1.807) is 47.4 Å². The Morgan fingerprint density at radius 1 is 1.20 bits per heavy atom. The van der Waals surface area contributed by atoms with E-state index >= 15 is 0 Å². The number of halogens is 2. The van der Waals surface area contributed by atoms with E-state index in [9.17, 15) is 9.59 Å². The van der Waals surface area contributed by atoms with Gasteiger partial charge in [-0.25, -0.2) is 0 Å². The van der Waals surface area contributed by atoms with E-state index in [0.717, 1.165) is 0 Å². The summed E-state index contributed by atoms with van der Waals surface area (Å²) in [6.07, 6.45) is 0. The average Bonchev–Trinajstić information content (AvgIpc) is 2.83. The summed E-state index contributed by atoms with van der Waals surface area (Å²) in [6, 6.07) is 11.5. The van der Waals surface area contributed by atoms with Gasteiger partial charge in [0.1, 0.15) is 18.4 Å². The standard InChI is InChI=1S/C18H16Cl2N2O3/c1-11(23)21-16-14-3-2-4-15(20)17(14)22(18(16)24)9-10-25-13-7-5-12(19)6-8-13/h2-8,16H,9-10H2,1H3,(H,21,23)/t16-/m1/s1. The zero-order valence-electron chi connectivity index (χ0n) is 13.5. The Balaban J connectivity index is 1.76. The van der Waals surface area contributed by atoms with E-state index in [1.165, 1.54) is 6.92 Å². The molecule has 0 fully saturated rings. The predicted octanol–water partition coefficient (Wildman–Crippen LogP) is 3.60. The van der Waals surface area contributed by atoms with Gasteiger partial charge in [0.2, 0.25) is 5.91 Å². The number of fused-ring (bicyclic) bond motifs is 1. The van der Waals surface area contributed by atoms with Gasteiger partial charge >= 0.3 is 0 Å². The van der Waals surface area contributed by atoms with Crippen LogP contribution in [0.4, 0.5) is 5.69 Å². The van der Waals surface area contributed by atoms with Crippen molar-refractivity contribution >= 4 is 40.7 Å². The third kappa shape index (κ3) is 3.72. The molecule has 0 unspecified atom stereocenters. The van der Waals surface area contributed by atoms with Crippen LogP contribution in [0.3, 0.4) is 0 Å². The summed E-state index contributed by atoms with van der Waals surface area (Å²) in [5.41, 5.74) is 1.31. The van der Waals surface area contributed by atoms with Crippen molar-refractivity contribution < 1.29 is 14.3 Å². The summed E-state index contributed by atoms with van der Waals surface area (Å²) in [5, 5.41) is 3.76. The maximum Gasteiger partial charge on any atom is 0.254 e. The van der Waals surface area contributed by atoms with Crippen LogP contribution in [0.25, 0.3) is 0 Å².